The molecule has 1 heterocycles. The van der Waals surface area contributed by atoms with Crippen molar-refractivity contribution in [3.63, 3.8) is 0 Å². The average molecular weight is 463 g/mol. The molecule has 35 heavy (non-hydrogen) atoms. The summed E-state index contributed by atoms with van der Waals surface area (Å²) < 4.78 is 6.18. The molecule has 0 saturated heterocycles. The van der Waals surface area contributed by atoms with Gasteiger partial charge in [-0.15, -0.1) is 0 Å². The van der Waals surface area contributed by atoms with Crippen LogP contribution in [0, 0.1) is 0 Å². The summed E-state index contributed by atoms with van der Waals surface area (Å²) in [6.07, 6.45) is 1.45. The van der Waals surface area contributed by atoms with Crippen molar-refractivity contribution >= 4 is 22.9 Å². The molecule has 1 aromatic heterocycles. The van der Waals surface area contributed by atoms with Gasteiger partial charge in [0, 0.05) is 5.56 Å². The number of phenolic OH excluding ortho intramolecular Hbond substituents is 1. The predicted octanol–water partition coefficient (Wildman–Crippen LogP) is 5.28. The molecular formula is C28H22N4O3. The van der Waals surface area contributed by atoms with Crippen molar-refractivity contribution in [2.45, 2.75) is 6.61 Å². The number of benzene rings is 4. The summed E-state index contributed by atoms with van der Waals surface area (Å²) in [6.45, 7) is 0.403. The second kappa shape index (κ2) is 9.93. The van der Waals surface area contributed by atoms with Gasteiger partial charge in [0.2, 0.25) is 0 Å². The van der Waals surface area contributed by atoms with Gasteiger partial charge in [-0.2, -0.15) is 10.2 Å². The van der Waals surface area contributed by atoms with E-state index in [0.717, 1.165) is 21.9 Å². The lowest BCUT2D eigenvalue weighted by atomic mass is 10.1. The van der Waals surface area contributed by atoms with Crippen molar-refractivity contribution in [3.8, 4) is 22.8 Å². The lowest BCUT2D eigenvalue weighted by Gasteiger charge is -2.12. The highest BCUT2D eigenvalue weighted by atomic mass is 16.5. The van der Waals surface area contributed by atoms with Crippen LogP contribution in [0.5, 0.6) is 11.5 Å². The van der Waals surface area contributed by atoms with E-state index in [1.54, 1.807) is 30.3 Å². The number of H-pyrrole nitrogens is 1. The highest BCUT2D eigenvalue weighted by molar-refractivity contribution is 5.94. The Balaban J connectivity index is 1.30. The Bertz CT molecular complexity index is 1520. The molecule has 0 aliphatic carbocycles. The third-order valence-corrected chi connectivity index (χ3v) is 5.50. The number of rotatable bonds is 7. The molecule has 7 heteroatoms. The second-order valence-electron chi connectivity index (χ2n) is 7.88. The quantitative estimate of drug-likeness (QED) is 0.226. The monoisotopic (exact) mass is 462 g/mol. The van der Waals surface area contributed by atoms with Gasteiger partial charge in [0.15, 0.2) is 0 Å². The molecule has 7 nitrogen and oxygen atoms in total. The first-order chi connectivity index (χ1) is 17.2. The van der Waals surface area contributed by atoms with E-state index in [4.69, 9.17) is 4.74 Å². The number of hydrogen-bond donors (Lipinski definition) is 3. The number of fused-ring (bicyclic) bond motifs is 1. The zero-order valence-electron chi connectivity index (χ0n) is 18.7. The molecule has 5 rings (SSSR count). The number of para-hydroxylation sites is 1. The molecule has 0 aliphatic heterocycles. The zero-order chi connectivity index (χ0) is 24.0. The molecule has 0 radical (unpaired) electrons. The summed E-state index contributed by atoms with van der Waals surface area (Å²) in [4.78, 5) is 12.5. The van der Waals surface area contributed by atoms with E-state index in [0.29, 0.717) is 23.6 Å². The first-order valence-corrected chi connectivity index (χ1v) is 11.0. The fourth-order valence-corrected chi connectivity index (χ4v) is 3.78. The first-order valence-electron chi connectivity index (χ1n) is 11.0. The summed E-state index contributed by atoms with van der Waals surface area (Å²) in [7, 11) is 0. The number of amides is 1. The minimum Gasteiger partial charge on any atom is -0.508 e. The van der Waals surface area contributed by atoms with Gasteiger partial charge < -0.3 is 9.84 Å². The van der Waals surface area contributed by atoms with Crippen molar-refractivity contribution in [2.24, 2.45) is 5.10 Å². The van der Waals surface area contributed by atoms with E-state index < -0.39 is 5.91 Å². The molecule has 172 valence electrons. The number of aromatic nitrogens is 2. The van der Waals surface area contributed by atoms with Crippen molar-refractivity contribution in [3.05, 3.63) is 114 Å². The number of carbonyl (C=O) groups is 1. The van der Waals surface area contributed by atoms with E-state index in [1.807, 2.05) is 42.5 Å². The predicted molar refractivity (Wildman–Crippen MR) is 135 cm³/mol. The molecule has 0 aliphatic rings. The summed E-state index contributed by atoms with van der Waals surface area (Å²) in [5.74, 6) is 0.356. The third kappa shape index (κ3) is 5.04. The van der Waals surface area contributed by atoms with Crippen molar-refractivity contribution in [1.82, 2.24) is 15.6 Å². The number of hydrogen-bond acceptors (Lipinski definition) is 5. The Hall–Kier alpha value is -4.91. The Morgan fingerprint density at radius 3 is 2.69 bits per heavy atom. The standard InChI is InChI=1S/C28H22N4O3/c33-22-11-5-7-19(15-22)17-29-32-28(34)26-16-25(30-31-26)24-13-3-4-14-27(24)35-18-21-10-6-9-20-8-1-2-12-23(20)21/h1-17,33H,18H2,(H,30,31)(H,32,34)/b29-17+. The SMILES string of the molecule is O=C(N/N=C/c1cccc(O)c1)c1cc(-c2ccccc2OCc2cccc3ccccc23)n[nH]1. The summed E-state index contributed by atoms with van der Waals surface area (Å²) in [5.41, 5.74) is 5.82. The van der Waals surface area contributed by atoms with Crippen molar-refractivity contribution < 1.29 is 14.6 Å². The van der Waals surface area contributed by atoms with Gasteiger partial charge in [-0.25, -0.2) is 5.43 Å². The van der Waals surface area contributed by atoms with Crippen molar-refractivity contribution in [2.75, 3.05) is 0 Å². The summed E-state index contributed by atoms with van der Waals surface area (Å²) in [6, 6.07) is 30.2. The van der Waals surface area contributed by atoms with E-state index in [9.17, 15) is 9.90 Å². The molecule has 0 unspecified atom stereocenters. The van der Waals surface area contributed by atoms with Crippen LogP contribution in [0.25, 0.3) is 22.0 Å². The van der Waals surface area contributed by atoms with Gasteiger partial charge in [0.1, 0.15) is 23.8 Å². The molecule has 0 spiro atoms. The highest BCUT2D eigenvalue weighted by Crippen LogP contribution is 2.30. The number of ether oxygens (including phenoxy) is 1. The maximum atomic E-state index is 12.5. The number of nitrogens with zero attached hydrogens (tertiary/aromatic N) is 2. The van der Waals surface area contributed by atoms with E-state index in [-0.39, 0.29) is 11.4 Å². The lowest BCUT2D eigenvalue weighted by molar-refractivity contribution is 0.0950. The second-order valence-corrected chi connectivity index (χ2v) is 7.88. The number of aromatic hydroxyl groups is 1. The molecule has 4 aromatic carbocycles. The van der Waals surface area contributed by atoms with Crippen LogP contribution in [0.2, 0.25) is 0 Å². The zero-order valence-corrected chi connectivity index (χ0v) is 18.7. The largest absolute Gasteiger partial charge is 0.508 e. The molecule has 0 atom stereocenters. The van der Waals surface area contributed by atoms with Gasteiger partial charge in [-0.3, -0.25) is 9.89 Å². The van der Waals surface area contributed by atoms with Gasteiger partial charge in [0.05, 0.1) is 11.9 Å². The number of phenols is 1. The van der Waals surface area contributed by atoms with Crippen LogP contribution in [0.1, 0.15) is 21.6 Å². The molecule has 5 aromatic rings. The Labute approximate surface area is 201 Å². The molecular weight excluding hydrogens is 440 g/mol. The Kier molecular flexibility index (Phi) is 6.21. The van der Waals surface area contributed by atoms with Crippen LogP contribution in [-0.2, 0) is 6.61 Å². The van der Waals surface area contributed by atoms with Crippen LogP contribution >= 0.6 is 0 Å². The molecule has 3 N–H and O–H groups in total. The van der Waals surface area contributed by atoms with Gasteiger partial charge in [-0.1, -0.05) is 66.7 Å². The van der Waals surface area contributed by atoms with Crippen LogP contribution in [-0.4, -0.2) is 27.4 Å². The smallest absolute Gasteiger partial charge is 0.289 e. The summed E-state index contributed by atoms with van der Waals surface area (Å²) >= 11 is 0. The number of carbonyl (C=O) groups excluding carboxylic acids is 1. The average Bonchev–Trinajstić information content (AvgIpc) is 3.38. The van der Waals surface area contributed by atoms with Gasteiger partial charge >= 0.3 is 0 Å². The summed E-state index contributed by atoms with van der Waals surface area (Å²) in [5, 5.41) is 22.8. The van der Waals surface area contributed by atoms with Gasteiger partial charge in [-0.05, 0) is 52.2 Å². The topological polar surface area (TPSA) is 99.6 Å². The molecule has 1 amide bonds. The van der Waals surface area contributed by atoms with E-state index in [2.05, 4.69) is 45.0 Å². The fourth-order valence-electron chi connectivity index (χ4n) is 3.78. The number of hydrazone groups is 1. The molecule has 0 bridgehead atoms. The Morgan fingerprint density at radius 2 is 1.77 bits per heavy atom. The Morgan fingerprint density at radius 1 is 0.971 bits per heavy atom. The first kappa shape index (κ1) is 21.9. The fraction of sp³-hybridized carbons (Fsp3) is 0.0357. The van der Waals surface area contributed by atoms with E-state index >= 15 is 0 Å². The van der Waals surface area contributed by atoms with Crippen LogP contribution < -0.4 is 10.2 Å². The minimum atomic E-state index is -0.436. The normalized spacial score (nSPS) is 11.1. The lowest BCUT2D eigenvalue weighted by Crippen LogP contribution is -2.17. The van der Waals surface area contributed by atoms with E-state index in [1.165, 1.54) is 6.21 Å². The number of aromatic amines is 1. The minimum absolute atomic E-state index is 0.125. The van der Waals surface area contributed by atoms with Gasteiger partial charge in [0.25, 0.3) is 5.91 Å². The maximum absolute atomic E-state index is 12.5. The van der Waals surface area contributed by atoms with Crippen LogP contribution in [0.4, 0.5) is 0 Å². The third-order valence-electron chi connectivity index (χ3n) is 5.50. The van der Waals surface area contributed by atoms with Crippen LogP contribution in [0.15, 0.2) is 102 Å². The number of nitrogens with one attached hydrogen (secondary N) is 2. The maximum Gasteiger partial charge on any atom is 0.289 e. The van der Waals surface area contributed by atoms with Crippen LogP contribution in [0.3, 0.4) is 0 Å². The molecule has 0 saturated carbocycles. The molecule has 0 fully saturated rings. The highest BCUT2D eigenvalue weighted by Gasteiger charge is 2.14. The van der Waals surface area contributed by atoms with Crippen molar-refractivity contribution in [1.29, 1.82) is 0 Å².